The molecule has 0 aliphatic rings. The van der Waals surface area contributed by atoms with Gasteiger partial charge in [-0.15, -0.1) is 0 Å². The summed E-state index contributed by atoms with van der Waals surface area (Å²) in [7, 11) is 0. The lowest BCUT2D eigenvalue weighted by Gasteiger charge is -2.28. The van der Waals surface area contributed by atoms with E-state index in [0.717, 1.165) is 27.8 Å². The molecule has 2 aromatic carbocycles. The highest BCUT2D eigenvalue weighted by molar-refractivity contribution is 5.49. The van der Waals surface area contributed by atoms with Crippen LogP contribution in [0.4, 0.5) is 0 Å². The van der Waals surface area contributed by atoms with Gasteiger partial charge in [-0.3, -0.25) is 0 Å². The molecule has 0 amide bonds. The second-order valence-electron chi connectivity index (χ2n) is 6.08. The molecule has 2 rings (SSSR count). The minimum atomic E-state index is -0.179. The lowest BCUT2D eigenvalue weighted by molar-refractivity contribution is 0.465. The summed E-state index contributed by atoms with van der Waals surface area (Å²) in [6, 6.07) is 9.79. The Balaban J connectivity index is 0.00000116. The molecule has 0 aliphatic heterocycles. The minimum absolute atomic E-state index is 0.179. The second kappa shape index (κ2) is 6.87. The Bertz CT molecular complexity index is 632. The highest BCUT2D eigenvalue weighted by atomic mass is 16.3. The summed E-state index contributed by atoms with van der Waals surface area (Å²) < 4.78 is 0. The van der Waals surface area contributed by atoms with Crippen molar-refractivity contribution in [1.82, 2.24) is 0 Å². The number of hydrogen-bond acceptors (Lipinski definition) is 2. The Morgan fingerprint density at radius 2 is 1.18 bits per heavy atom. The van der Waals surface area contributed by atoms with Crippen molar-refractivity contribution >= 4 is 0 Å². The third-order valence-electron chi connectivity index (χ3n) is 4.13. The van der Waals surface area contributed by atoms with E-state index in [2.05, 4.69) is 13.8 Å². The standard InChI is InChI=1S/C18H22O2.C2H6/c1-11-8-14(6-7-16(11)19)18(4,5)15-9-12(2)17(20)13(3)10-15;1-2/h6-10,19-20H,1-5H3;1-2H3. The van der Waals surface area contributed by atoms with E-state index in [1.165, 1.54) is 0 Å². The molecule has 22 heavy (non-hydrogen) atoms. The first-order chi connectivity index (χ1) is 10.2. The predicted octanol–water partition coefficient (Wildman–Crippen LogP) is 5.38. The second-order valence-corrected chi connectivity index (χ2v) is 6.08. The number of rotatable bonds is 2. The van der Waals surface area contributed by atoms with E-state index < -0.39 is 0 Å². The topological polar surface area (TPSA) is 40.5 Å². The molecule has 0 spiro atoms. The van der Waals surface area contributed by atoms with Crippen molar-refractivity contribution in [3.8, 4) is 11.5 Å². The highest BCUT2D eigenvalue weighted by Gasteiger charge is 2.25. The zero-order chi connectivity index (χ0) is 17.1. The molecular formula is C20H28O2. The van der Waals surface area contributed by atoms with E-state index in [1.807, 2.05) is 58.9 Å². The van der Waals surface area contributed by atoms with Crippen LogP contribution in [-0.4, -0.2) is 10.2 Å². The molecule has 0 aromatic heterocycles. The Kier molecular flexibility index (Phi) is 5.65. The number of hydrogen-bond donors (Lipinski definition) is 2. The van der Waals surface area contributed by atoms with Crippen molar-refractivity contribution in [2.45, 2.75) is 53.9 Å². The van der Waals surface area contributed by atoms with Gasteiger partial charge in [-0.1, -0.05) is 52.0 Å². The van der Waals surface area contributed by atoms with Crippen LogP contribution in [0.2, 0.25) is 0 Å². The zero-order valence-electron chi connectivity index (χ0n) is 14.8. The molecular weight excluding hydrogens is 272 g/mol. The van der Waals surface area contributed by atoms with Crippen molar-refractivity contribution in [2.24, 2.45) is 0 Å². The van der Waals surface area contributed by atoms with Gasteiger partial charge in [-0.05, 0) is 54.7 Å². The van der Waals surface area contributed by atoms with Crippen LogP contribution >= 0.6 is 0 Å². The van der Waals surface area contributed by atoms with Crippen LogP contribution in [0.3, 0.4) is 0 Å². The Labute approximate surface area is 134 Å². The van der Waals surface area contributed by atoms with Gasteiger partial charge in [0.1, 0.15) is 11.5 Å². The molecule has 0 atom stereocenters. The zero-order valence-corrected chi connectivity index (χ0v) is 14.8. The summed E-state index contributed by atoms with van der Waals surface area (Å²) in [6.07, 6.45) is 0. The van der Waals surface area contributed by atoms with E-state index in [-0.39, 0.29) is 5.41 Å². The molecule has 2 heteroatoms. The van der Waals surface area contributed by atoms with E-state index in [4.69, 9.17) is 0 Å². The van der Waals surface area contributed by atoms with Crippen LogP contribution < -0.4 is 0 Å². The number of benzene rings is 2. The summed E-state index contributed by atoms with van der Waals surface area (Å²) in [5.74, 6) is 0.689. The fourth-order valence-electron chi connectivity index (χ4n) is 2.53. The first-order valence-corrected chi connectivity index (χ1v) is 7.84. The molecule has 2 nitrogen and oxygen atoms in total. The van der Waals surface area contributed by atoms with Gasteiger partial charge in [0.2, 0.25) is 0 Å². The molecule has 0 unspecified atom stereocenters. The lowest BCUT2D eigenvalue weighted by atomic mass is 9.76. The summed E-state index contributed by atoms with van der Waals surface area (Å²) in [4.78, 5) is 0. The van der Waals surface area contributed by atoms with Crippen molar-refractivity contribution in [2.75, 3.05) is 0 Å². The van der Waals surface area contributed by atoms with Crippen LogP contribution in [-0.2, 0) is 5.41 Å². The van der Waals surface area contributed by atoms with Crippen LogP contribution in [0.15, 0.2) is 30.3 Å². The molecule has 2 N–H and O–H groups in total. The number of aryl methyl sites for hydroxylation is 3. The maximum Gasteiger partial charge on any atom is 0.121 e. The van der Waals surface area contributed by atoms with E-state index in [1.54, 1.807) is 6.07 Å². The Morgan fingerprint density at radius 1 is 0.727 bits per heavy atom. The van der Waals surface area contributed by atoms with Crippen LogP contribution in [0.1, 0.15) is 55.5 Å². The summed E-state index contributed by atoms with van der Waals surface area (Å²) in [5.41, 5.74) is 4.80. The summed E-state index contributed by atoms with van der Waals surface area (Å²) >= 11 is 0. The quantitative estimate of drug-likeness (QED) is 0.782. The van der Waals surface area contributed by atoms with Crippen LogP contribution in [0, 0.1) is 20.8 Å². The summed E-state index contributed by atoms with van der Waals surface area (Å²) in [5, 5.41) is 19.6. The van der Waals surface area contributed by atoms with E-state index in [0.29, 0.717) is 11.5 Å². The third-order valence-corrected chi connectivity index (χ3v) is 4.13. The maximum absolute atomic E-state index is 9.91. The van der Waals surface area contributed by atoms with Gasteiger partial charge in [0, 0.05) is 5.41 Å². The average molecular weight is 300 g/mol. The minimum Gasteiger partial charge on any atom is -0.508 e. The fourth-order valence-corrected chi connectivity index (χ4v) is 2.53. The largest absolute Gasteiger partial charge is 0.508 e. The van der Waals surface area contributed by atoms with Crippen molar-refractivity contribution in [3.05, 3.63) is 58.1 Å². The first-order valence-electron chi connectivity index (χ1n) is 7.84. The van der Waals surface area contributed by atoms with Crippen molar-refractivity contribution in [3.63, 3.8) is 0 Å². The molecule has 2 aromatic rings. The smallest absolute Gasteiger partial charge is 0.121 e. The molecule has 0 saturated heterocycles. The Hall–Kier alpha value is -1.96. The molecule has 0 aliphatic carbocycles. The van der Waals surface area contributed by atoms with Gasteiger partial charge < -0.3 is 10.2 Å². The van der Waals surface area contributed by atoms with Gasteiger partial charge in [-0.2, -0.15) is 0 Å². The number of phenols is 2. The van der Waals surface area contributed by atoms with Crippen molar-refractivity contribution in [1.29, 1.82) is 0 Å². The van der Waals surface area contributed by atoms with E-state index in [9.17, 15) is 10.2 Å². The monoisotopic (exact) mass is 300 g/mol. The van der Waals surface area contributed by atoms with Crippen LogP contribution in [0.25, 0.3) is 0 Å². The number of phenolic OH excluding ortho intramolecular Hbond substituents is 2. The van der Waals surface area contributed by atoms with Gasteiger partial charge in [0.05, 0.1) is 0 Å². The normalized spacial score (nSPS) is 10.9. The fraction of sp³-hybridized carbons (Fsp3) is 0.400. The third kappa shape index (κ3) is 3.44. The molecule has 120 valence electrons. The summed E-state index contributed by atoms with van der Waals surface area (Å²) in [6.45, 7) is 14.1. The van der Waals surface area contributed by atoms with Gasteiger partial charge in [-0.25, -0.2) is 0 Å². The van der Waals surface area contributed by atoms with Crippen LogP contribution in [0.5, 0.6) is 11.5 Å². The molecule has 0 heterocycles. The van der Waals surface area contributed by atoms with Gasteiger partial charge in [0.15, 0.2) is 0 Å². The molecule has 0 bridgehead atoms. The molecule has 0 saturated carbocycles. The predicted molar refractivity (Wildman–Crippen MR) is 93.9 cm³/mol. The average Bonchev–Trinajstić information content (AvgIpc) is 2.49. The maximum atomic E-state index is 9.91. The van der Waals surface area contributed by atoms with Gasteiger partial charge >= 0.3 is 0 Å². The SMILES string of the molecule is CC.Cc1cc(C(C)(C)c2cc(C)c(O)c(C)c2)ccc1O. The molecule has 0 radical (unpaired) electrons. The molecule has 0 fully saturated rings. The van der Waals surface area contributed by atoms with Gasteiger partial charge in [0.25, 0.3) is 0 Å². The van der Waals surface area contributed by atoms with E-state index >= 15 is 0 Å². The number of aromatic hydroxyl groups is 2. The van der Waals surface area contributed by atoms with Crippen molar-refractivity contribution < 1.29 is 10.2 Å². The lowest BCUT2D eigenvalue weighted by Crippen LogP contribution is -2.19. The Morgan fingerprint density at radius 3 is 1.64 bits per heavy atom. The first kappa shape index (κ1) is 18.1. The highest BCUT2D eigenvalue weighted by Crippen LogP contribution is 2.36.